The number of carbonyl (C=O) groups is 2. The van der Waals surface area contributed by atoms with Crippen molar-refractivity contribution in [3.8, 4) is 0 Å². The summed E-state index contributed by atoms with van der Waals surface area (Å²) < 4.78 is 40.4. The van der Waals surface area contributed by atoms with Crippen molar-refractivity contribution in [1.82, 2.24) is 10.0 Å². The van der Waals surface area contributed by atoms with Crippen molar-refractivity contribution in [3.63, 3.8) is 0 Å². The molecule has 0 radical (unpaired) electrons. The molecule has 1 aliphatic carbocycles. The third-order valence-electron chi connectivity index (χ3n) is 6.12. The monoisotopic (exact) mass is 489 g/mol. The second-order valence-electron chi connectivity index (χ2n) is 8.57. The first-order valence-electron chi connectivity index (χ1n) is 11.6. The van der Waals surface area contributed by atoms with E-state index < -0.39 is 34.3 Å². The molecule has 0 saturated heterocycles. The molecule has 2 aromatic rings. The molecule has 9 heteroatoms. The van der Waals surface area contributed by atoms with Gasteiger partial charge in [0.2, 0.25) is 21.8 Å². The van der Waals surface area contributed by atoms with Gasteiger partial charge >= 0.3 is 0 Å². The second-order valence-corrected chi connectivity index (χ2v) is 10.7. The molecule has 7 nitrogen and oxygen atoms in total. The summed E-state index contributed by atoms with van der Waals surface area (Å²) in [6.45, 7) is 2.75. The summed E-state index contributed by atoms with van der Waals surface area (Å²) in [6, 6.07) is 11.5. The van der Waals surface area contributed by atoms with Crippen LogP contribution in [-0.4, -0.2) is 38.6 Å². The van der Waals surface area contributed by atoms with Crippen LogP contribution in [-0.2, 0) is 19.6 Å². The van der Waals surface area contributed by atoms with Gasteiger partial charge in [-0.2, -0.15) is 0 Å². The Morgan fingerprint density at radius 1 is 1.09 bits per heavy atom. The molecular weight excluding hydrogens is 457 g/mol. The Hall–Kier alpha value is -2.78. The normalized spacial score (nSPS) is 15.5. The molecule has 2 aromatic carbocycles. The third-order valence-corrected chi connectivity index (χ3v) is 7.46. The predicted octanol–water partition coefficient (Wildman–Crippen LogP) is 3.60. The number of hydrogen-bond acceptors (Lipinski definition) is 4. The van der Waals surface area contributed by atoms with Gasteiger partial charge in [0, 0.05) is 11.7 Å². The van der Waals surface area contributed by atoms with Crippen molar-refractivity contribution >= 4 is 27.5 Å². The van der Waals surface area contributed by atoms with E-state index in [-0.39, 0.29) is 23.4 Å². The van der Waals surface area contributed by atoms with Crippen LogP contribution in [0.1, 0.15) is 56.2 Å². The minimum absolute atomic E-state index is 0.00387. The maximum Gasteiger partial charge on any atom is 0.248 e. The van der Waals surface area contributed by atoms with Crippen LogP contribution >= 0.6 is 0 Å². The van der Waals surface area contributed by atoms with Gasteiger partial charge in [0.05, 0.1) is 12.3 Å². The lowest BCUT2D eigenvalue weighted by molar-refractivity contribution is -0.127. The fourth-order valence-corrected chi connectivity index (χ4v) is 4.79. The number of aryl methyl sites for hydroxylation is 1. The zero-order valence-corrected chi connectivity index (χ0v) is 20.4. The van der Waals surface area contributed by atoms with Crippen molar-refractivity contribution in [2.75, 3.05) is 17.2 Å². The van der Waals surface area contributed by atoms with Crippen LogP contribution in [0.25, 0.3) is 0 Å². The molecule has 1 unspecified atom stereocenters. The van der Waals surface area contributed by atoms with Gasteiger partial charge in [-0.25, -0.2) is 17.5 Å². The molecule has 1 atom stereocenters. The number of sulfonamides is 1. The Morgan fingerprint density at radius 3 is 2.44 bits per heavy atom. The van der Waals surface area contributed by atoms with Gasteiger partial charge in [0.25, 0.3) is 0 Å². The summed E-state index contributed by atoms with van der Waals surface area (Å²) in [5.41, 5.74) is 1.55. The number of hydrogen-bond donors (Lipinski definition) is 2. The zero-order chi connectivity index (χ0) is 24.7. The highest BCUT2D eigenvalue weighted by Gasteiger charge is 2.35. The molecule has 0 aromatic heterocycles. The Morgan fingerprint density at radius 2 is 1.79 bits per heavy atom. The van der Waals surface area contributed by atoms with Crippen LogP contribution < -0.4 is 14.9 Å². The quantitative estimate of drug-likeness (QED) is 0.563. The number of amides is 2. The maximum atomic E-state index is 14.2. The molecule has 1 aliphatic rings. The van der Waals surface area contributed by atoms with Crippen LogP contribution in [0.2, 0.25) is 0 Å². The van der Waals surface area contributed by atoms with E-state index in [9.17, 15) is 22.4 Å². The Kier molecular flexibility index (Phi) is 8.79. The van der Waals surface area contributed by atoms with Gasteiger partial charge in [0.1, 0.15) is 11.9 Å². The Balaban J connectivity index is 2.05. The van der Waals surface area contributed by atoms with Gasteiger partial charge in [-0.1, -0.05) is 49.6 Å². The van der Waals surface area contributed by atoms with E-state index in [4.69, 9.17) is 0 Å². The molecule has 0 spiro atoms. The lowest BCUT2D eigenvalue weighted by Crippen LogP contribution is -2.50. The van der Waals surface area contributed by atoms with E-state index in [0.29, 0.717) is 5.56 Å². The summed E-state index contributed by atoms with van der Waals surface area (Å²) >= 11 is 0. The first-order valence-corrected chi connectivity index (χ1v) is 13.3. The number of carbonyl (C=O) groups excluding carboxylic acids is 2. The van der Waals surface area contributed by atoms with E-state index in [1.54, 1.807) is 12.1 Å². The molecule has 1 fully saturated rings. The fraction of sp³-hybridized carbons (Fsp3) is 0.440. The molecule has 0 bridgehead atoms. The maximum absolute atomic E-state index is 14.2. The third kappa shape index (κ3) is 6.64. The summed E-state index contributed by atoms with van der Waals surface area (Å²) in [5, 5.41) is 3.08. The number of benzene rings is 2. The van der Waals surface area contributed by atoms with Gasteiger partial charge in [-0.15, -0.1) is 0 Å². The average Bonchev–Trinajstić information content (AvgIpc) is 2.82. The lowest BCUT2D eigenvalue weighted by Gasteiger charge is -2.34. The topological polar surface area (TPSA) is 95.6 Å². The summed E-state index contributed by atoms with van der Waals surface area (Å²) in [5.74, 6) is -1.80. The first-order chi connectivity index (χ1) is 16.2. The number of halogens is 1. The second kappa shape index (κ2) is 11.6. The van der Waals surface area contributed by atoms with Crippen molar-refractivity contribution in [2.24, 2.45) is 0 Å². The smallest absolute Gasteiger partial charge is 0.248 e. The minimum atomic E-state index is -3.65. The van der Waals surface area contributed by atoms with Gasteiger partial charge in [0.15, 0.2) is 0 Å². The van der Waals surface area contributed by atoms with Gasteiger partial charge in [-0.05, 0) is 56.0 Å². The van der Waals surface area contributed by atoms with Crippen molar-refractivity contribution in [1.29, 1.82) is 0 Å². The molecule has 0 aliphatic heterocycles. The highest BCUT2D eigenvalue weighted by Crippen LogP contribution is 2.31. The molecule has 184 valence electrons. The van der Waals surface area contributed by atoms with Crippen LogP contribution in [0, 0.1) is 12.7 Å². The van der Waals surface area contributed by atoms with Crippen LogP contribution in [0.5, 0.6) is 0 Å². The average molecular weight is 490 g/mol. The number of nitrogens with zero attached hydrogens (tertiary/aromatic N) is 1. The minimum Gasteiger partial charge on any atom is -0.351 e. The predicted molar refractivity (Wildman–Crippen MR) is 130 cm³/mol. The van der Waals surface area contributed by atoms with Crippen LogP contribution in [0.15, 0.2) is 48.5 Å². The van der Waals surface area contributed by atoms with Crippen molar-refractivity contribution < 1.29 is 22.4 Å². The summed E-state index contributed by atoms with van der Waals surface area (Å²) in [7, 11) is -3.65. The van der Waals surface area contributed by atoms with E-state index in [1.807, 2.05) is 19.1 Å². The summed E-state index contributed by atoms with van der Waals surface area (Å²) in [4.78, 5) is 28.3. The van der Waals surface area contributed by atoms with Crippen molar-refractivity contribution in [2.45, 2.75) is 58.0 Å². The molecule has 1 saturated carbocycles. The zero-order valence-electron chi connectivity index (χ0n) is 19.6. The highest BCUT2D eigenvalue weighted by molar-refractivity contribution is 7.89. The first kappa shape index (κ1) is 25.8. The molecule has 3 rings (SSSR count). The van der Waals surface area contributed by atoms with Crippen molar-refractivity contribution in [3.05, 3.63) is 65.5 Å². The molecule has 0 heterocycles. The van der Waals surface area contributed by atoms with Gasteiger partial charge < -0.3 is 5.32 Å². The van der Waals surface area contributed by atoms with Crippen LogP contribution in [0.4, 0.5) is 10.1 Å². The SMILES string of the molecule is CCS(=O)(=O)NCC(=O)N(c1cccc(F)c1)C(C(=O)NC1CCCCC1)c1ccccc1C. The standard InChI is InChI=1S/C25H32FN3O4S/c1-3-34(32,33)27-17-23(30)29(21-14-9-11-19(26)16-21)24(22-15-8-7-10-18(22)2)25(31)28-20-12-5-4-6-13-20/h7-11,14-16,20,24,27H,3-6,12-13,17H2,1-2H3,(H,28,31). The van der Waals surface area contributed by atoms with E-state index in [2.05, 4.69) is 10.0 Å². The van der Waals surface area contributed by atoms with Gasteiger partial charge in [-0.3, -0.25) is 14.5 Å². The van der Waals surface area contributed by atoms with E-state index >= 15 is 0 Å². The van der Waals surface area contributed by atoms with E-state index in [0.717, 1.165) is 37.7 Å². The lowest BCUT2D eigenvalue weighted by atomic mass is 9.93. The molecule has 2 N–H and O–H groups in total. The Labute approximate surface area is 200 Å². The number of rotatable bonds is 9. The molecule has 2 amide bonds. The molecular formula is C25H32FN3O4S. The van der Waals surface area contributed by atoms with E-state index in [1.165, 1.54) is 36.1 Å². The number of anilines is 1. The van der Waals surface area contributed by atoms with Crippen LogP contribution in [0.3, 0.4) is 0 Å². The summed E-state index contributed by atoms with van der Waals surface area (Å²) in [6.07, 6.45) is 4.88. The highest BCUT2D eigenvalue weighted by atomic mass is 32.2. The Bertz CT molecular complexity index is 1120. The largest absolute Gasteiger partial charge is 0.351 e. The fourth-order valence-electron chi connectivity index (χ4n) is 4.24. The molecule has 34 heavy (non-hydrogen) atoms. The number of nitrogens with one attached hydrogen (secondary N) is 2.